The van der Waals surface area contributed by atoms with E-state index in [1.54, 1.807) is 12.1 Å². The van der Waals surface area contributed by atoms with Gasteiger partial charge < -0.3 is 5.32 Å². The number of hydrogen-bond donors (Lipinski definition) is 1. The molecule has 0 unspecified atom stereocenters. The highest BCUT2D eigenvalue weighted by molar-refractivity contribution is 6.35. The number of halogens is 5. The molecule has 0 aromatic heterocycles. The second kappa shape index (κ2) is 8.53. The van der Waals surface area contributed by atoms with Gasteiger partial charge in [0.15, 0.2) is 0 Å². The molecule has 3 nitrogen and oxygen atoms in total. The van der Waals surface area contributed by atoms with E-state index in [1.165, 1.54) is 0 Å². The Morgan fingerprint density at radius 2 is 1.91 bits per heavy atom. The van der Waals surface area contributed by atoms with Gasteiger partial charge in [-0.2, -0.15) is 0 Å². The summed E-state index contributed by atoms with van der Waals surface area (Å²) in [5.41, 5.74) is 0.849. The number of hydrogen-bond acceptors (Lipinski definition) is 3. The number of nitrogens with zero attached hydrogens (tertiary/aromatic N) is 1. The van der Waals surface area contributed by atoms with Gasteiger partial charge in [0.25, 0.3) is 0 Å². The number of nitrogens with one attached hydrogen (secondary N) is 1. The van der Waals surface area contributed by atoms with E-state index < -0.39 is 13.0 Å². The van der Waals surface area contributed by atoms with E-state index in [0.29, 0.717) is 16.6 Å². The molecular formula is C15H19Cl2F3N2O. The molecule has 1 aromatic carbocycles. The molecule has 2 rings (SSSR count). The lowest BCUT2D eigenvalue weighted by molar-refractivity contribution is -0.325. The molecule has 1 aliphatic heterocycles. The Kier molecular flexibility index (Phi) is 6.98. The minimum absolute atomic E-state index is 0.198. The van der Waals surface area contributed by atoms with Crippen molar-refractivity contribution in [3.05, 3.63) is 33.8 Å². The molecule has 0 spiro atoms. The van der Waals surface area contributed by atoms with Crippen molar-refractivity contribution < 1.29 is 17.9 Å². The lowest BCUT2D eigenvalue weighted by Crippen LogP contribution is -2.44. The number of benzene rings is 1. The summed E-state index contributed by atoms with van der Waals surface area (Å²) < 4.78 is 40.5. The highest BCUT2D eigenvalue weighted by Crippen LogP contribution is 2.24. The third kappa shape index (κ3) is 6.47. The molecule has 1 aromatic rings. The lowest BCUT2D eigenvalue weighted by Gasteiger charge is -2.35. The first-order valence-corrected chi connectivity index (χ1v) is 8.20. The van der Waals surface area contributed by atoms with E-state index in [4.69, 9.17) is 23.2 Å². The summed E-state index contributed by atoms with van der Waals surface area (Å²) in [6, 6.07) is 5.39. The Morgan fingerprint density at radius 3 is 2.52 bits per heavy atom. The highest BCUT2D eigenvalue weighted by Gasteiger charge is 2.30. The van der Waals surface area contributed by atoms with Crippen molar-refractivity contribution in [2.75, 3.05) is 26.2 Å². The van der Waals surface area contributed by atoms with Gasteiger partial charge >= 0.3 is 6.36 Å². The maximum Gasteiger partial charge on any atom is 0.522 e. The molecule has 23 heavy (non-hydrogen) atoms. The Balaban J connectivity index is 2.02. The first kappa shape index (κ1) is 18.8. The molecule has 1 saturated heterocycles. The molecule has 1 aliphatic rings. The predicted octanol–water partition coefficient (Wildman–Crippen LogP) is 4.08. The third-order valence-electron chi connectivity index (χ3n) is 3.86. The van der Waals surface area contributed by atoms with Crippen LogP contribution in [-0.4, -0.2) is 43.5 Å². The van der Waals surface area contributed by atoms with Gasteiger partial charge in [0.1, 0.15) is 0 Å². The average molecular weight is 371 g/mol. The minimum atomic E-state index is -4.60. The normalized spacial score (nSPS) is 17.0. The number of alkyl halides is 3. The van der Waals surface area contributed by atoms with Crippen molar-refractivity contribution in [2.45, 2.75) is 31.8 Å². The van der Waals surface area contributed by atoms with E-state index in [-0.39, 0.29) is 12.6 Å². The fraction of sp³-hybridized carbons (Fsp3) is 0.600. The molecule has 0 atom stereocenters. The predicted molar refractivity (Wildman–Crippen MR) is 84.8 cm³/mol. The second-order valence-corrected chi connectivity index (χ2v) is 6.33. The zero-order valence-electron chi connectivity index (χ0n) is 12.5. The van der Waals surface area contributed by atoms with Crippen molar-refractivity contribution in [1.82, 2.24) is 10.2 Å². The molecule has 0 saturated carbocycles. The van der Waals surface area contributed by atoms with Crippen LogP contribution in [0.3, 0.4) is 0 Å². The van der Waals surface area contributed by atoms with Crippen LogP contribution in [0.2, 0.25) is 10.0 Å². The Labute approximate surface area is 143 Å². The number of ether oxygens (including phenoxy) is 1. The van der Waals surface area contributed by atoms with Crippen LogP contribution in [0.25, 0.3) is 0 Å². The maximum atomic E-state index is 12.2. The Morgan fingerprint density at radius 1 is 1.22 bits per heavy atom. The molecule has 0 radical (unpaired) electrons. The van der Waals surface area contributed by atoms with Crippen molar-refractivity contribution in [3.63, 3.8) is 0 Å². The van der Waals surface area contributed by atoms with Crippen LogP contribution in [0.15, 0.2) is 18.2 Å². The molecule has 130 valence electrons. The zero-order chi connectivity index (χ0) is 16.9. The maximum absolute atomic E-state index is 12.2. The third-order valence-corrected chi connectivity index (χ3v) is 4.44. The highest BCUT2D eigenvalue weighted by atomic mass is 35.5. The Bertz CT molecular complexity index is 508. The molecule has 8 heteroatoms. The van der Waals surface area contributed by atoms with Gasteiger partial charge in [-0.15, -0.1) is 13.2 Å². The molecule has 0 bridgehead atoms. The van der Waals surface area contributed by atoms with Crippen molar-refractivity contribution in [2.24, 2.45) is 0 Å². The van der Waals surface area contributed by atoms with Crippen molar-refractivity contribution >= 4 is 23.2 Å². The fourth-order valence-electron chi connectivity index (χ4n) is 2.71. The van der Waals surface area contributed by atoms with E-state index >= 15 is 0 Å². The first-order chi connectivity index (χ1) is 10.8. The van der Waals surface area contributed by atoms with Gasteiger partial charge in [0.2, 0.25) is 0 Å². The van der Waals surface area contributed by atoms with Gasteiger partial charge in [0, 0.05) is 29.2 Å². The summed E-state index contributed by atoms with van der Waals surface area (Å²) >= 11 is 12.1. The van der Waals surface area contributed by atoms with Crippen LogP contribution in [0, 0.1) is 0 Å². The molecular weight excluding hydrogens is 352 g/mol. The van der Waals surface area contributed by atoms with Crippen LogP contribution in [-0.2, 0) is 11.3 Å². The Hall–Kier alpha value is -0.530. The molecule has 0 amide bonds. The van der Waals surface area contributed by atoms with Crippen molar-refractivity contribution in [1.29, 1.82) is 0 Å². The molecule has 1 N–H and O–H groups in total. The van der Waals surface area contributed by atoms with Crippen molar-refractivity contribution in [3.8, 4) is 0 Å². The summed E-state index contributed by atoms with van der Waals surface area (Å²) in [5, 5.41) is 4.31. The molecule has 0 aliphatic carbocycles. The topological polar surface area (TPSA) is 24.5 Å². The number of rotatable bonds is 6. The second-order valence-electron chi connectivity index (χ2n) is 5.48. The van der Waals surface area contributed by atoms with Gasteiger partial charge in [0.05, 0.1) is 6.61 Å². The van der Waals surface area contributed by atoms with Gasteiger partial charge in [-0.05, 0) is 43.6 Å². The van der Waals surface area contributed by atoms with E-state index in [9.17, 15) is 13.2 Å². The largest absolute Gasteiger partial charge is 0.522 e. The van der Waals surface area contributed by atoms with Gasteiger partial charge in [-0.3, -0.25) is 9.64 Å². The van der Waals surface area contributed by atoms with Gasteiger partial charge in [-0.1, -0.05) is 29.3 Å². The van der Waals surface area contributed by atoms with Crippen LogP contribution < -0.4 is 5.32 Å². The van der Waals surface area contributed by atoms with Gasteiger partial charge in [-0.25, -0.2) is 0 Å². The number of piperidine rings is 1. The average Bonchev–Trinajstić information content (AvgIpc) is 2.48. The van der Waals surface area contributed by atoms with Crippen LogP contribution in [0.5, 0.6) is 0 Å². The van der Waals surface area contributed by atoms with Crippen LogP contribution in [0.1, 0.15) is 18.4 Å². The summed E-state index contributed by atoms with van der Waals surface area (Å²) in [6.45, 7) is 1.99. The summed E-state index contributed by atoms with van der Waals surface area (Å²) in [6.07, 6.45) is -2.83. The zero-order valence-corrected chi connectivity index (χ0v) is 14.0. The smallest absolute Gasteiger partial charge is 0.317 e. The quantitative estimate of drug-likeness (QED) is 0.816. The monoisotopic (exact) mass is 370 g/mol. The van der Waals surface area contributed by atoms with E-state index in [1.807, 2.05) is 11.0 Å². The van der Waals surface area contributed by atoms with Crippen LogP contribution in [0.4, 0.5) is 13.2 Å². The van der Waals surface area contributed by atoms with E-state index in [0.717, 1.165) is 31.5 Å². The van der Waals surface area contributed by atoms with Crippen LogP contribution >= 0.6 is 23.2 Å². The first-order valence-electron chi connectivity index (χ1n) is 7.44. The molecule has 1 heterocycles. The summed E-state index contributed by atoms with van der Waals surface area (Å²) in [5.74, 6) is 0. The SMILES string of the molecule is FC(F)(F)OCCN(Cc1ccc(Cl)cc1Cl)C1CCNCC1. The fourth-order valence-corrected chi connectivity index (χ4v) is 3.18. The summed E-state index contributed by atoms with van der Waals surface area (Å²) in [4.78, 5) is 2.00. The standard InChI is InChI=1S/C15H19Cl2F3N2O/c16-12-2-1-11(14(17)9-12)10-22(7-8-23-15(18,19)20)13-3-5-21-6-4-13/h1-2,9,13,21H,3-8,10H2. The lowest BCUT2D eigenvalue weighted by atomic mass is 10.0. The molecule has 1 fully saturated rings. The summed E-state index contributed by atoms with van der Waals surface area (Å²) in [7, 11) is 0. The minimum Gasteiger partial charge on any atom is -0.317 e. The van der Waals surface area contributed by atoms with E-state index in [2.05, 4.69) is 10.1 Å².